The quantitative estimate of drug-likeness (QED) is 0.284. The first-order valence-corrected chi connectivity index (χ1v) is 11.1. The Morgan fingerprint density at radius 1 is 1.06 bits per heavy atom. The number of ketones is 1. The molecule has 1 atom stereocenters. The highest BCUT2D eigenvalue weighted by Crippen LogP contribution is 2.40. The number of aliphatic hydroxyl groups is 1. The molecule has 6 heteroatoms. The van der Waals surface area contributed by atoms with Crippen molar-refractivity contribution in [2.45, 2.75) is 45.6 Å². The van der Waals surface area contributed by atoms with E-state index in [1.807, 2.05) is 31.2 Å². The average molecular weight is 452 g/mol. The molecule has 0 unspecified atom stereocenters. The minimum absolute atomic E-state index is 0.0283. The number of amides is 1. The lowest BCUT2D eigenvalue weighted by Crippen LogP contribution is -2.31. The number of hydrogen-bond acceptors (Lipinski definition) is 5. The van der Waals surface area contributed by atoms with Crippen LogP contribution < -0.4 is 4.74 Å². The van der Waals surface area contributed by atoms with Crippen LogP contribution in [0, 0.1) is 6.92 Å². The summed E-state index contributed by atoms with van der Waals surface area (Å²) in [6.07, 6.45) is 0.585. The largest absolute Gasteiger partial charge is 0.507 e. The maximum Gasteiger partial charge on any atom is 0.295 e. The fourth-order valence-electron chi connectivity index (χ4n) is 4.18. The van der Waals surface area contributed by atoms with E-state index in [2.05, 4.69) is 20.8 Å². The lowest BCUT2D eigenvalue weighted by Gasteiger charge is -2.26. The second-order valence-corrected chi connectivity index (χ2v) is 9.40. The number of methoxy groups -OCH3 is 2. The molecular formula is C27H33NO5. The van der Waals surface area contributed by atoms with Crippen molar-refractivity contribution in [3.8, 4) is 5.75 Å². The van der Waals surface area contributed by atoms with Crippen molar-refractivity contribution in [3.63, 3.8) is 0 Å². The Kier molecular flexibility index (Phi) is 7.28. The molecule has 1 fully saturated rings. The van der Waals surface area contributed by atoms with Gasteiger partial charge < -0.3 is 19.5 Å². The zero-order valence-electron chi connectivity index (χ0n) is 20.3. The van der Waals surface area contributed by atoms with Gasteiger partial charge in [-0.3, -0.25) is 9.59 Å². The van der Waals surface area contributed by atoms with Crippen LogP contribution in [0.1, 0.15) is 55.5 Å². The Labute approximate surface area is 195 Å². The summed E-state index contributed by atoms with van der Waals surface area (Å²) in [6, 6.07) is 12.4. The highest BCUT2D eigenvalue weighted by molar-refractivity contribution is 6.46. The number of ether oxygens (including phenoxy) is 2. The van der Waals surface area contributed by atoms with E-state index in [-0.39, 0.29) is 16.7 Å². The minimum atomic E-state index is -0.678. The van der Waals surface area contributed by atoms with Gasteiger partial charge in [-0.05, 0) is 53.6 Å². The number of rotatable bonds is 7. The Morgan fingerprint density at radius 2 is 1.73 bits per heavy atom. The van der Waals surface area contributed by atoms with Gasteiger partial charge >= 0.3 is 0 Å². The number of carbonyl (C=O) groups excluding carboxylic acids is 2. The molecule has 0 aromatic heterocycles. The van der Waals surface area contributed by atoms with E-state index in [4.69, 9.17) is 9.47 Å². The van der Waals surface area contributed by atoms with Crippen LogP contribution in [-0.2, 0) is 19.7 Å². The zero-order chi connectivity index (χ0) is 24.3. The van der Waals surface area contributed by atoms with E-state index < -0.39 is 17.7 Å². The Balaban J connectivity index is 2.13. The van der Waals surface area contributed by atoms with E-state index >= 15 is 0 Å². The van der Waals surface area contributed by atoms with Crippen LogP contribution >= 0.6 is 0 Å². The van der Waals surface area contributed by atoms with E-state index in [1.165, 1.54) is 4.90 Å². The molecule has 3 rings (SSSR count). The van der Waals surface area contributed by atoms with Crippen LogP contribution in [0.3, 0.4) is 0 Å². The molecule has 1 N–H and O–H groups in total. The van der Waals surface area contributed by atoms with Gasteiger partial charge in [-0.1, -0.05) is 45.0 Å². The molecule has 6 nitrogen and oxygen atoms in total. The van der Waals surface area contributed by atoms with Crippen molar-refractivity contribution in [1.29, 1.82) is 0 Å². The highest BCUT2D eigenvalue weighted by Gasteiger charge is 2.45. The topological polar surface area (TPSA) is 76.1 Å². The van der Waals surface area contributed by atoms with Gasteiger partial charge in [0.2, 0.25) is 0 Å². The Hall–Kier alpha value is -3.12. The molecule has 0 radical (unpaired) electrons. The first-order chi connectivity index (χ1) is 15.6. The number of aryl methyl sites for hydroxylation is 1. The summed E-state index contributed by atoms with van der Waals surface area (Å²) in [4.78, 5) is 27.6. The molecule has 0 bridgehead atoms. The maximum atomic E-state index is 13.1. The van der Waals surface area contributed by atoms with Crippen LogP contribution in [0.2, 0.25) is 0 Å². The molecule has 1 amide bonds. The van der Waals surface area contributed by atoms with Crippen molar-refractivity contribution in [3.05, 3.63) is 70.3 Å². The van der Waals surface area contributed by atoms with Crippen molar-refractivity contribution < 1.29 is 24.2 Å². The van der Waals surface area contributed by atoms with Crippen molar-refractivity contribution in [1.82, 2.24) is 4.90 Å². The summed E-state index contributed by atoms with van der Waals surface area (Å²) >= 11 is 0. The van der Waals surface area contributed by atoms with Gasteiger partial charge in [0.05, 0.1) is 18.7 Å². The molecule has 0 aliphatic carbocycles. The summed E-state index contributed by atoms with van der Waals surface area (Å²) in [5.41, 5.74) is 3.30. The number of nitrogens with zero attached hydrogens (tertiary/aromatic N) is 1. The summed E-state index contributed by atoms with van der Waals surface area (Å²) in [5, 5.41) is 11.2. The SMILES string of the molecule is COCCCN1C(=O)C(=O)/C(=C(/O)c2ccc(OC)c(C)c2)[C@H]1c1ccc(C(C)(C)C)cc1. The van der Waals surface area contributed by atoms with Crippen LogP contribution in [0.5, 0.6) is 5.75 Å². The molecule has 2 aromatic carbocycles. The standard InChI is InChI=1S/C27H33NO5/c1-17-16-19(10-13-21(17)33-6)24(29)22-23(18-8-11-20(12-9-18)27(2,3)4)28(14-7-15-32-5)26(31)25(22)30/h8-13,16,23,29H,7,14-15H2,1-6H3/b24-22+/t23-/m1/s1. The lowest BCUT2D eigenvalue weighted by molar-refractivity contribution is -0.140. The number of likely N-dealkylation sites (tertiary alicyclic amines) is 1. The van der Waals surface area contributed by atoms with Gasteiger partial charge in [0.25, 0.3) is 11.7 Å². The Bertz CT molecular complexity index is 1060. The van der Waals surface area contributed by atoms with Crippen LogP contribution in [0.4, 0.5) is 0 Å². The smallest absolute Gasteiger partial charge is 0.295 e. The second-order valence-electron chi connectivity index (χ2n) is 9.40. The van der Waals surface area contributed by atoms with E-state index in [9.17, 15) is 14.7 Å². The number of carbonyl (C=O) groups is 2. The molecule has 2 aromatic rings. The zero-order valence-corrected chi connectivity index (χ0v) is 20.3. The number of aliphatic hydroxyl groups excluding tert-OH is 1. The normalized spacial score (nSPS) is 18.1. The monoisotopic (exact) mass is 451 g/mol. The van der Waals surface area contributed by atoms with Crippen LogP contribution in [0.15, 0.2) is 48.0 Å². The van der Waals surface area contributed by atoms with Crippen LogP contribution in [0.25, 0.3) is 5.76 Å². The van der Waals surface area contributed by atoms with Crippen molar-refractivity contribution >= 4 is 17.4 Å². The summed E-state index contributed by atoms with van der Waals surface area (Å²) in [5.74, 6) is -0.787. The molecule has 1 heterocycles. The van der Waals surface area contributed by atoms with Crippen molar-refractivity contribution in [2.75, 3.05) is 27.4 Å². The molecule has 33 heavy (non-hydrogen) atoms. The van der Waals surface area contributed by atoms with E-state index in [0.717, 1.165) is 16.7 Å². The maximum absolute atomic E-state index is 13.1. The fraction of sp³-hybridized carbons (Fsp3) is 0.407. The van der Waals surface area contributed by atoms with Gasteiger partial charge in [0.1, 0.15) is 11.5 Å². The molecule has 1 aliphatic heterocycles. The van der Waals surface area contributed by atoms with E-state index in [1.54, 1.807) is 32.4 Å². The Morgan fingerprint density at radius 3 is 2.27 bits per heavy atom. The van der Waals surface area contributed by atoms with Crippen molar-refractivity contribution in [2.24, 2.45) is 0 Å². The molecule has 1 saturated heterocycles. The predicted molar refractivity (Wildman–Crippen MR) is 128 cm³/mol. The average Bonchev–Trinajstić information content (AvgIpc) is 3.03. The first kappa shape index (κ1) is 24.5. The van der Waals surface area contributed by atoms with Gasteiger partial charge in [-0.15, -0.1) is 0 Å². The summed E-state index contributed by atoms with van der Waals surface area (Å²) in [7, 11) is 3.18. The third-order valence-electron chi connectivity index (χ3n) is 6.05. The van der Waals surface area contributed by atoms with Gasteiger partial charge in [0.15, 0.2) is 0 Å². The second kappa shape index (κ2) is 9.79. The van der Waals surface area contributed by atoms with Crippen LogP contribution in [-0.4, -0.2) is 49.1 Å². The molecule has 176 valence electrons. The summed E-state index contributed by atoms with van der Waals surface area (Å²) < 4.78 is 10.4. The van der Waals surface area contributed by atoms with Gasteiger partial charge in [0, 0.05) is 25.8 Å². The van der Waals surface area contributed by atoms with E-state index in [0.29, 0.717) is 30.9 Å². The minimum Gasteiger partial charge on any atom is -0.507 e. The molecular weight excluding hydrogens is 418 g/mol. The number of benzene rings is 2. The third-order valence-corrected chi connectivity index (χ3v) is 6.05. The molecule has 1 aliphatic rings. The predicted octanol–water partition coefficient (Wildman–Crippen LogP) is 4.76. The lowest BCUT2D eigenvalue weighted by atomic mass is 9.85. The van der Waals surface area contributed by atoms with Gasteiger partial charge in [-0.2, -0.15) is 0 Å². The highest BCUT2D eigenvalue weighted by atomic mass is 16.5. The number of Topliss-reactive ketones (excluding diaryl/α,β-unsaturated/α-hetero) is 1. The first-order valence-electron chi connectivity index (χ1n) is 11.1. The summed E-state index contributed by atoms with van der Waals surface area (Å²) in [6.45, 7) is 9.07. The molecule has 0 saturated carbocycles. The molecule has 0 spiro atoms. The fourth-order valence-corrected chi connectivity index (χ4v) is 4.18. The number of hydrogen-bond donors (Lipinski definition) is 1. The third kappa shape index (κ3) is 4.96. The van der Waals surface area contributed by atoms with Gasteiger partial charge in [-0.25, -0.2) is 0 Å².